The van der Waals surface area contributed by atoms with E-state index in [4.69, 9.17) is 46.4 Å². The molecule has 2 aromatic rings. The Morgan fingerprint density at radius 2 is 1.56 bits per heavy atom. The molecule has 2 rings (SSSR count). The van der Waals surface area contributed by atoms with Crippen LogP contribution in [-0.2, 0) is 0 Å². The first-order valence-corrected chi connectivity index (χ1v) is 5.86. The Labute approximate surface area is 113 Å². The largest absolute Gasteiger partial charge is 0.242 e. The van der Waals surface area contributed by atoms with E-state index < -0.39 is 0 Å². The molecule has 16 heavy (non-hydrogen) atoms. The zero-order chi connectivity index (χ0) is 11.7. The van der Waals surface area contributed by atoms with Crippen LogP contribution in [0.2, 0.25) is 20.2 Å². The highest BCUT2D eigenvalue weighted by Gasteiger charge is 2.12. The number of hydrogen-bond acceptors (Lipinski definition) is 1. The molecule has 82 valence electrons. The summed E-state index contributed by atoms with van der Waals surface area (Å²) in [5, 5.41) is 1.83. The molecule has 0 unspecified atom stereocenters. The van der Waals surface area contributed by atoms with Crippen LogP contribution >= 0.6 is 46.4 Å². The number of rotatable bonds is 1. The number of benzene rings is 1. The highest BCUT2D eigenvalue weighted by molar-refractivity contribution is 6.41. The minimum atomic E-state index is 0.319. The summed E-state index contributed by atoms with van der Waals surface area (Å²) in [6.45, 7) is 0. The van der Waals surface area contributed by atoms with Crippen molar-refractivity contribution in [3.63, 3.8) is 0 Å². The number of pyridine rings is 1. The lowest BCUT2D eigenvalue weighted by atomic mass is 10.1. The van der Waals surface area contributed by atoms with Crippen LogP contribution in [0.5, 0.6) is 0 Å². The monoisotopic (exact) mass is 291 g/mol. The third kappa shape index (κ3) is 2.28. The molecule has 0 aliphatic heterocycles. The standard InChI is InChI=1S/C11H5Cl4N/c12-6-4-7(11(15)16-5-6)10-8(13)2-1-3-9(10)14/h1-5H. The van der Waals surface area contributed by atoms with Crippen LogP contribution < -0.4 is 0 Å². The molecule has 0 N–H and O–H groups in total. The molecule has 0 saturated heterocycles. The van der Waals surface area contributed by atoms with Gasteiger partial charge >= 0.3 is 0 Å². The number of nitrogens with zero attached hydrogens (tertiary/aromatic N) is 1. The molecule has 0 amide bonds. The fourth-order valence-corrected chi connectivity index (χ4v) is 2.31. The Balaban J connectivity index is 2.72. The maximum Gasteiger partial charge on any atom is 0.137 e. The van der Waals surface area contributed by atoms with E-state index in [-0.39, 0.29) is 0 Å². The SMILES string of the molecule is Clc1cnc(Cl)c(-c2c(Cl)cccc2Cl)c1. The summed E-state index contributed by atoms with van der Waals surface area (Å²) in [6.07, 6.45) is 1.47. The number of hydrogen-bond donors (Lipinski definition) is 0. The van der Waals surface area contributed by atoms with Gasteiger partial charge in [-0.3, -0.25) is 0 Å². The van der Waals surface area contributed by atoms with Gasteiger partial charge in [-0.1, -0.05) is 52.5 Å². The second-order valence-corrected chi connectivity index (χ2v) is 4.70. The minimum Gasteiger partial charge on any atom is -0.242 e. The van der Waals surface area contributed by atoms with Crippen molar-refractivity contribution in [1.82, 2.24) is 4.98 Å². The van der Waals surface area contributed by atoms with Gasteiger partial charge in [-0.25, -0.2) is 4.98 Å². The van der Waals surface area contributed by atoms with Crippen molar-refractivity contribution in [2.45, 2.75) is 0 Å². The van der Waals surface area contributed by atoms with Crippen LogP contribution in [0.4, 0.5) is 0 Å². The Morgan fingerprint density at radius 3 is 2.19 bits per heavy atom. The van der Waals surface area contributed by atoms with Crippen molar-refractivity contribution in [3.8, 4) is 11.1 Å². The summed E-state index contributed by atoms with van der Waals surface area (Å²) in [7, 11) is 0. The summed E-state index contributed by atoms with van der Waals surface area (Å²) in [6, 6.07) is 6.92. The molecule has 0 saturated carbocycles. The van der Waals surface area contributed by atoms with E-state index in [0.29, 0.717) is 31.3 Å². The lowest BCUT2D eigenvalue weighted by molar-refractivity contribution is 1.33. The van der Waals surface area contributed by atoms with Gasteiger partial charge in [0.1, 0.15) is 5.15 Å². The third-order valence-corrected chi connectivity index (χ3v) is 3.18. The van der Waals surface area contributed by atoms with Crippen molar-refractivity contribution in [2.75, 3.05) is 0 Å². The third-order valence-electron chi connectivity index (χ3n) is 2.04. The molecule has 0 atom stereocenters. The van der Waals surface area contributed by atoms with Gasteiger partial charge in [0.15, 0.2) is 0 Å². The smallest absolute Gasteiger partial charge is 0.137 e. The Kier molecular flexibility index (Phi) is 3.60. The molecule has 0 fully saturated rings. The summed E-state index contributed by atoms with van der Waals surface area (Å²) < 4.78 is 0. The van der Waals surface area contributed by atoms with E-state index in [1.165, 1.54) is 6.20 Å². The maximum absolute atomic E-state index is 6.07. The van der Waals surface area contributed by atoms with Gasteiger partial charge < -0.3 is 0 Å². The molecule has 0 bridgehead atoms. The van der Waals surface area contributed by atoms with Gasteiger partial charge in [-0.05, 0) is 18.2 Å². The van der Waals surface area contributed by atoms with Crippen molar-refractivity contribution < 1.29 is 0 Å². The van der Waals surface area contributed by atoms with E-state index in [0.717, 1.165) is 0 Å². The Hall–Kier alpha value is -0.470. The quantitative estimate of drug-likeness (QED) is 0.645. The van der Waals surface area contributed by atoms with Crippen molar-refractivity contribution in [2.24, 2.45) is 0 Å². The molecule has 0 aliphatic carbocycles. The van der Waals surface area contributed by atoms with Gasteiger partial charge in [0.2, 0.25) is 0 Å². The summed E-state index contributed by atoms with van der Waals surface area (Å²) >= 11 is 24.0. The molecule has 1 aromatic carbocycles. The van der Waals surface area contributed by atoms with E-state index in [1.54, 1.807) is 24.3 Å². The van der Waals surface area contributed by atoms with E-state index >= 15 is 0 Å². The van der Waals surface area contributed by atoms with Crippen molar-refractivity contribution in [1.29, 1.82) is 0 Å². The van der Waals surface area contributed by atoms with Crippen molar-refractivity contribution in [3.05, 3.63) is 50.7 Å². The summed E-state index contributed by atoms with van der Waals surface area (Å²) in [4.78, 5) is 3.95. The molecule has 5 heteroatoms. The van der Waals surface area contributed by atoms with Gasteiger partial charge in [0.25, 0.3) is 0 Å². The first-order chi connectivity index (χ1) is 7.59. The Morgan fingerprint density at radius 1 is 0.938 bits per heavy atom. The first kappa shape index (κ1) is 12.0. The molecular formula is C11H5Cl4N. The minimum absolute atomic E-state index is 0.319. The fraction of sp³-hybridized carbons (Fsp3) is 0. The molecule has 0 spiro atoms. The molecule has 1 heterocycles. The van der Waals surface area contributed by atoms with E-state index in [1.807, 2.05) is 0 Å². The molecule has 1 nitrogen and oxygen atoms in total. The molecule has 1 aromatic heterocycles. The van der Waals surface area contributed by atoms with Crippen molar-refractivity contribution >= 4 is 46.4 Å². The normalized spacial score (nSPS) is 10.5. The predicted octanol–water partition coefficient (Wildman–Crippen LogP) is 5.36. The Bertz CT molecular complexity index is 519. The van der Waals surface area contributed by atoms with Gasteiger partial charge in [-0.15, -0.1) is 0 Å². The van der Waals surface area contributed by atoms with Crippen LogP contribution in [0, 0.1) is 0 Å². The van der Waals surface area contributed by atoms with E-state index in [9.17, 15) is 0 Å². The lowest BCUT2D eigenvalue weighted by Gasteiger charge is -2.08. The highest BCUT2D eigenvalue weighted by atomic mass is 35.5. The number of aromatic nitrogens is 1. The highest BCUT2D eigenvalue weighted by Crippen LogP contribution is 2.38. The van der Waals surface area contributed by atoms with Crippen LogP contribution in [-0.4, -0.2) is 4.98 Å². The zero-order valence-electron chi connectivity index (χ0n) is 7.85. The second-order valence-electron chi connectivity index (χ2n) is 3.09. The van der Waals surface area contributed by atoms with E-state index in [2.05, 4.69) is 4.98 Å². The van der Waals surface area contributed by atoms with Gasteiger partial charge in [0.05, 0.1) is 15.1 Å². The van der Waals surface area contributed by atoms with Crippen LogP contribution in [0.25, 0.3) is 11.1 Å². The summed E-state index contributed by atoms with van der Waals surface area (Å²) in [5.41, 5.74) is 1.27. The second kappa shape index (κ2) is 4.80. The first-order valence-electron chi connectivity index (χ1n) is 4.35. The predicted molar refractivity (Wildman–Crippen MR) is 69.7 cm³/mol. The van der Waals surface area contributed by atoms with Crippen LogP contribution in [0.1, 0.15) is 0 Å². The molecule has 0 aliphatic rings. The van der Waals surface area contributed by atoms with Crippen LogP contribution in [0.3, 0.4) is 0 Å². The van der Waals surface area contributed by atoms with Gasteiger partial charge in [0, 0.05) is 17.3 Å². The number of halogens is 4. The topological polar surface area (TPSA) is 12.9 Å². The average Bonchev–Trinajstić information content (AvgIpc) is 2.23. The molecule has 0 radical (unpaired) electrons. The zero-order valence-corrected chi connectivity index (χ0v) is 10.9. The lowest BCUT2D eigenvalue weighted by Crippen LogP contribution is -1.86. The van der Waals surface area contributed by atoms with Gasteiger partial charge in [-0.2, -0.15) is 0 Å². The average molecular weight is 293 g/mol. The summed E-state index contributed by atoms with van der Waals surface area (Å²) in [5.74, 6) is 0. The fourth-order valence-electron chi connectivity index (χ4n) is 1.35. The van der Waals surface area contributed by atoms with Crippen LogP contribution in [0.15, 0.2) is 30.5 Å². The maximum atomic E-state index is 6.07. The molecular weight excluding hydrogens is 288 g/mol.